The molecule has 1 aromatic heterocycles. The third kappa shape index (κ3) is 4.05. The summed E-state index contributed by atoms with van der Waals surface area (Å²) in [6.45, 7) is 0. The van der Waals surface area contributed by atoms with Crippen LogP contribution >= 0.6 is 0 Å². The van der Waals surface area contributed by atoms with Crippen LogP contribution in [0.15, 0.2) is 36.5 Å². The minimum Gasteiger partial charge on any atom is -0.392 e. The highest BCUT2D eigenvalue weighted by atomic mass is 19.3. The molecule has 1 aliphatic heterocycles. The molecule has 0 saturated carbocycles. The van der Waals surface area contributed by atoms with E-state index >= 15 is 0 Å². The van der Waals surface area contributed by atoms with E-state index in [1.165, 1.54) is 24.4 Å². The van der Waals surface area contributed by atoms with Crippen LogP contribution in [0.5, 0.6) is 0 Å². The Balaban J connectivity index is 1.96. The lowest BCUT2D eigenvalue weighted by atomic mass is 9.81. The van der Waals surface area contributed by atoms with E-state index in [0.29, 0.717) is 0 Å². The topological polar surface area (TPSA) is 126 Å². The van der Waals surface area contributed by atoms with Crippen LogP contribution in [-0.2, 0) is 5.54 Å². The molecule has 2 heterocycles. The van der Waals surface area contributed by atoms with Crippen LogP contribution in [0.4, 0.5) is 18.9 Å². The van der Waals surface area contributed by atoms with Crippen molar-refractivity contribution in [2.45, 2.75) is 30.9 Å². The van der Waals surface area contributed by atoms with Crippen molar-refractivity contribution >= 4 is 17.4 Å². The Bertz CT molecular complexity index is 1000. The lowest BCUT2D eigenvalue weighted by Crippen LogP contribution is -2.91. The summed E-state index contributed by atoms with van der Waals surface area (Å²) in [4.78, 5) is 18.6. The molecule has 5 N–H and O–H groups in total. The summed E-state index contributed by atoms with van der Waals surface area (Å²) in [5, 5.41) is 21.1. The Morgan fingerprint density at radius 2 is 2.17 bits per heavy atom. The molecule has 2 aromatic rings. The number of carbonyl (C=O) groups is 1. The zero-order valence-electron chi connectivity index (χ0n) is 15.0. The van der Waals surface area contributed by atoms with Crippen molar-refractivity contribution in [3.8, 4) is 6.07 Å². The third-order valence-corrected chi connectivity index (χ3v) is 4.60. The third-order valence-electron chi connectivity index (χ3n) is 4.60. The molecule has 0 spiro atoms. The number of amidine groups is 1. The highest BCUT2D eigenvalue weighted by Crippen LogP contribution is 2.34. The number of halogens is 3. The zero-order chi connectivity index (χ0) is 21.2. The molecule has 0 bridgehead atoms. The number of hydrogen-bond acceptors (Lipinski definition) is 5. The molecule has 0 radical (unpaired) electrons. The summed E-state index contributed by atoms with van der Waals surface area (Å²) in [5.74, 6) is -1.69. The summed E-state index contributed by atoms with van der Waals surface area (Å²) >= 11 is 0. The second-order valence-corrected chi connectivity index (χ2v) is 6.68. The van der Waals surface area contributed by atoms with E-state index in [4.69, 9.17) is 11.0 Å². The average molecular weight is 404 g/mol. The summed E-state index contributed by atoms with van der Waals surface area (Å²) in [7, 11) is 0. The Kier molecular flexibility index (Phi) is 5.52. The summed E-state index contributed by atoms with van der Waals surface area (Å²) in [6.07, 6.45) is -3.54. The van der Waals surface area contributed by atoms with Crippen LogP contribution in [0, 0.1) is 17.1 Å². The van der Waals surface area contributed by atoms with Crippen LogP contribution < -0.4 is 16.0 Å². The molecule has 1 amide bonds. The SMILES string of the molecule is N#Cc1ccc(C(=O)Nc2ccc(F)c([C@]3(C(F)F)C[C@@H](O)CC(N)=[NH+]3)c2)nc1. The number of nitriles is 1. The fraction of sp³-hybridized carbons (Fsp3) is 0.263. The van der Waals surface area contributed by atoms with Gasteiger partial charge in [-0.15, -0.1) is 0 Å². The molecule has 1 aliphatic rings. The maximum Gasteiger partial charge on any atom is 0.285 e. The molecule has 0 saturated heterocycles. The second kappa shape index (κ2) is 7.89. The first-order chi connectivity index (χ1) is 13.7. The number of benzene rings is 1. The maximum absolute atomic E-state index is 14.5. The number of carbonyl (C=O) groups excluding carboxylic acids is 1. The molecule has 29 heavy (non-hydrogen) atoms. The molecular formula is C19H17F3N5O2+. The van der Waals surface area contributed by atoms with Gasteiger partial charge in [-0.3, -0.25) is 15.5 Å². The van der Waals surface area contributed by atoms with Gasteiger partial charge < -0.3 is 10.4 Å². The minimum absolute atomic E-state index is 0.0118. The number of aromatic nitrogens is 1. The van der Waals surface area contributed by atoms with Crippen molar-refractivity contribution in [2.75, 3.05) is 5.32 Å². The van der Waals surface area contributed by atoms with Crippen LogP contribution in [0.1, 0.15) is 34.5 Å². The van der Waals surface area contributed by atoms with Crippen LogP contribution in [0.25, 0.3) is 0 Å². The van der Waals surface area contributed by atoms with Gasteiger partial charge in [0.15, 0.2) is 5.54 Å². The molecule has 3 rings (SSSR count). The zero-order valence-corrected chi connectivity index (χ0v) is 15.0. The van der Waals surface area contributed by atoms with E-state index in [9.17, 15) is 23.1 Å². The van der Waals surface area contributed by atoms with E-state index < -0.39 is 41.8 Å². The van der Waals surface area contributed by atoms with Crippen LogP contribution in [0.3, 0.4) is 0 Å². The summed E-state index contributed by atoms with van der Waals surface area (Å²) in [6, 6.07) is 7.82. The van der Waals surface area contributed by atoms with Crippen LogP contribution in [0.2, 0.25) is 0 Å². The molecule has 10 heteroatoms. The number of alkyl halides is 2. The highest BCUT2D eigenvalue weighted by Gasteiger charge is 2.50. The predicted molar refractivity (Wildman–Crippen MR) is 96.4 cm³/mol. The first kappa shape index (κ1) is 20.3. The van der Waals surface area contributed by atoms with Gasteiger partial charge in [-0.1, -0.05) is 0 Å². The highest BCUT2D eigenvalue weighted by molar-refractivity contribution is 6.02. The molecule has 0 unspecified atom stereocenters. The van der Waals surface area contributed by atoms with E-state index in [2.05, 4.69) is 15.3 Å². The predicted octanol–water partition coefficient (Wildman–Crippen LogP) is 0.398. The number of nitrogens with two attached hydrogens (primary N) is 1. The van der Waals surface area contributed by atoms with Crippen molar-refractivity contribution in [1.82, 2.24) is 4.98 Å². The monoisotopic (exact) mass is 404 g/mol. The minimum atomic E-state index is -3.09. The van der Waals surface area contributed by atoms with Gasteiger partial charge in [0.25, 0.3) is 12.3 Å². The van der Waals surface area contributed by atoms with E-state index in [1.54, 1.807) is 0 Å². The number of hydrogen-bond donors (Lipinski definition) is 4. The van der Waals surface area contributed by atoms with Gasteiger partial charge in [0.2, 0.25) is 5.84 Å². The van der Waals surface area contributed by atoms with E-state index in [-0.39, 0.29) is 29.2 Å². The molecule has 2 atom stereocenters. The number of amides is 1. The lowest BCUT2D eigenvalue weighted by molar-refractivity contribution is -0.594. The van der Waals surface area contributed by atoms with Gasteiger partial charge in [0, 0.05) is 23.9 Å². The molecule has 1 aromatic carbocycles. The van der Waals surface area contributed by atoms with E-state index in [1.807, 2.05) is 6.07 Å². The fourth-order valence-corrected chi connectivity index (χ4v) is 3.26. The Morgan fingerprint density at radius 1 is 1.41 bits per heavy atom. The Hall–Kier alpha value is -3.45. The largest absolute Gasteiger partial charge is 0.392 e. The number of pyridine rings is 1. The maximum atomic E-state index is 14.5. The van der Waals surface area contributed by atoms with Crippen LogP contribution in [-0.4, -0.2) is 34.4 Å². The number of aliphatic hydroxyl groups is 1. The first-order valence-corrected chi connectivity index (χ1v) is 8.58. The second-order valence-electron chi connectivity index (χ2n) is 6.68. The van der Waals surface area contributed by atoms with Gasteiger partial charge in [-0.2, -0.15) is 5.26 Å². The standard InChI is InChI=1S/C19H16F3N5O2/c20-14-3-2-11(26-17(29)15-4-1-10(8-23)9-25-15)5-13(14)19(18(21)22)7-12(28)6-16(24)27-19/h1-5,9,12,18,28H,6-7H2,(H2,24,27)(H,26,29)/p+1/t12-,19-/m0/s1. The van der Waals surface area contributed by atoms with Crippen molar-refractivity contribution in [1.29, 1.82) is 5.26 Å². The van der Waals surface area contributed by atoms with Crippen molar-refractivity contribution in [3.05, 3.63) is 59.2 Å². The smallest absolute Gasteiger partial charge is 0.285 e. The van der Waals surface area contributed by atoms with Gasteiger partial charge in [0.05, 0.1) is 18.1 Å². The van der Waals surface area contributed by atoms with Gasteiger partial charge in [0.1, 0.15) is 17.6 Å². The van der Waals surface area contributed by atoms with Gasteiger partial charge >= 0.3 is 0 Å². The average Bonchev–Trinajstić information content (AvgIpc) is 2.68. The normalized spacial score (nSPS) is 21.4. The molecular weight excluding hydrogens is 387 g/mol. The molecule has 0 fully saturated rings. The van der Waals surface area contributed by atoms with Crippen molar-refractivity contribution < 1.29 is 28.1 Å². The fourth-order valence-electron chi connectivity index (χ4n) is 3.26. The number of aliphatic hydroxyl groups excluding tert-OH is 1. The lowest BCUT2D eigenvalue weighted by Gasteiger charge is -2.33. The summed E-state index contributed by atoms with van der Waals surface area (Å²) < 4.78 is 42.5. The first-order valence-electron chi connectivity index (χ1n) is 8.58. The molecule has 0 aliphatic carbocycles. The number of rotatable bonds is 4. The van der Waals surface area contributed by atoms with Crippen molar-refractivity contribution in [3.63, 3.8) is 0 Å². The summed E-state index contributed by atoms with van der Waals surface area (Å²) in [5.41, 5.74) is 3.27. The Morgan fingerprint density at radius 3 is 2.76 bits per heavy atom. The number of nitrogens with one attached hydrogen (secondary N) is 2. The van der Waals surface area contributed by atoms with E-state index in [0.717, 1.165) is 12.1 Å². The number of nitrogens with zero attached hydrogens (tertiary/aromatic N) is 2. The molecule has 7 nitrogen and oxygen atoms in total. The Labute approximate surface area is 163 Å². The van der Waals surface area contributed by atoms with Gasteiger partial charge in [-0.25, -0.2) is 18.2 Å². The van der Waals surface area contributed by atoms with Gasteiger partial charge in [-0.05, 0) is 30.3 Å². The quantitative estimate of drug-likeness (QED) is 0.587. The van der Waals surface area contributed by atoms with Crippen molar-refractivity contribution in [2.24, 2.45) is 5.73 Å². The number of anilines is 1. The molecule has 150 valence electrons.